The van der Waals surface area contributed by atoms with E-state index in [4.69, 9.17) is 4.74 Å². The van der Waals surface area contributed by atoms with Crippen molar-refractivity contribution in [1.29, 1.82) is 0 Å². The average Bonchev–Trinajstić information content (AvgIpc) is 3.00. The average molecular weight is 333 g/mol. The minimum absolute atomic E-state index is 0.129. The second kappa shape index (κ2) is 5.41. The summed E-state index contributed by atoms with van der Waals surface area (Å²) in [4.78, 5) is 38.5. The Morgan fingerprint density at radius 3 is 2.40 bits per heavy atom. The van der Waals surface area contributed by atoms with Gasteiger partial charge < -0.3 is 9.14 Å². The van der Waals surface area contributed by atoms with E-state index >= 15 is 0 Å². The summed E-state index contributed by atoms with van der Waals surface area (Å²) in [6.07, 6.45) is 2.51. The Kier molecular flexibility index (Phi) is 3.32. The van der Waals surface area contributed by atoms with Crippen LogP contribution >= 0.6 is 0 Å². The molecule has 1 aliphatic rings. The number of esters is 1. The number of nitrogens with zero attached hydrogens (tertiary/aromatic N) is 1. The van der Waals surface area contributed by atoms with Gasteiger partial charge >= 0.3 is 5.97 Å². The van der Waals surface area contributed by atoms with E-state index in [9.17, 15) is 14.4 Å². The second-order valence-corrected chi connectivity index (χ2v) is 5.94. The molecule has 0 saturated heterocycles. The molecule has 0 bridgehead atoms. The maximum atomic E-state index is 13.0. The number of aromatic nitrogens is 1. The number of rotatable bonds is 2. The fraction of sp³-hybridized carbons (Fsp3) is 0.150. The van der Waals surface area contributed by atoms with Crippen LogP contribution in [0.5, 0.6) is 0 Å². The number of hydrogen-bond donors (Lipinski definition) is 0. The maximum Gasteiger partial charge on any atom is 0.340 e. The first-order valence-corrected chi connectivity index (χ1v) is 8.02. The molecule has 2 aromatic heterocycles. The zero-order chi connectivity index (χ0) is 17.7. The summed E-state index contributed by atoms with van der Waals surface area (Å²) in [6.45, 7) is 2.00. The van der Waals surface area contributed by atoms with E-state index in [2.05, 4.69) is 0 Å². The molecule has 5 heteroatoms. The zero-order valence-electron chi connectivity index (χ0n) is 13.8. The number of ether oxygens (including phenoxy) is 1. The van der Waals surface area contributed by atoms with E-state index in [-0.39, 0.29) is 28.4 Å². The zero-order valence-corrected chi connectivity index (χ0v) is 13.8. The van der Waals surface area contributed by atoms with Crippen molar-refractivity contribution < 1.29 is 19.1 Å². The Morgan fingerprint density at radius 1 is 1.08 bits per heavy atom. The largest absolute Gasteiger partial charge is 0.465 e. The number of methoxy groups -OCH3 is 1. The van der Waals surface area contributed by atoms with Crippen LogP contribution in [0.3, 0.4) is 0 Å². The molecular formula is C20H15NO4. The summed E-state index contributed by atoms with van der Waals surface area (Å²) < 4.78 is 6.52. The number of pyridine rings is 1. The number of benzene rings is 1. The van der Waals surface area contributed by atoms with Crippen LogP contribution in [-0.4, -0.2) is 29.0 Å². The highest BCUT2D eigenvalue weighted by atomic mass is 16.5. The van der Waals surface area contributed by atoms with Crippen molar-refractivity contribution in [2.45, 2.75) is 13.3 Å². The second-order valence-electron chi connectivity index (χ2n) is 5.94. The summed E-state index contributed by atoms with van der Waals surface area (Å²) in [7, 11) is 1.27. The topological polar surface area (TPSA) is 64.8 Å². The molecule has 1 aromatic carbocycles. The molecule has 0 spiro atoms. The SMILES string of the molecule is CCc1ccn2c3c(c(C(=O)OC)c2c1)C(=O)c1ccccc1C3=O. The van der Waals surface area contributed by atoms with Crippen molar-refractivity contribution in [2.24, 2.45) is 0 Å². The Morgan fingerprint density at radius 2 is 1.76 bits per heavy atom. The van der Waals surface area contributed by atoms with Crippen molar-refractivity contribution in [3.63, 3.8) is 0 Å². The highest BCUT2D eigenvalue weighted by molar-refractivity contribution is 6.31. The van der Waals surface area contributed by atoms with Crippen molar-refractivity contribution in [2.75, 3.05) is 7.11 Å². The Balaban J connectivity index is 2.15. The number of hydrogen-bond acceptors (Lipinski definition) is 4. The smallest absolute Gasteiger partial charge is 0.340 e. The van der Waals surface area contributed by atoms with Gasteiger partial charge in [0.25, 0.3) is 0 Å². The predicted molar refractivity (Wildman–Crippen MR) is 91.4 cm³/mol. The van der Waals surface area contributed by atoms with Crippen LogP contribution in [0.2, 0.25) is 0 Å². The fourth-order valence-corrected chi connectivity index (χ4v) is 3.41. The summed E-state index contributed by atoms with van der Waals surface area (Å²) in [5.74, 6) is -1.21. The van der Waals surface area contributed by atoms with E-state index in [0.717, 1.165) is 12.0 Å². The van der Waals surface area contributed by atoms with Gasteiger partial charge in [0.2, 0.25) is 5.78 Å². The quantitative estimate of drug-likeness (QED) is 0.529. The Bertz CT molecular complexity index is 1070. The highest BCUT2D eigenvalue weighted by Crippen LogP contribution is 2.34. The molecule has 1 aliphatic carbocycles. The molecule has 4 rings (SSSR count). The van der Waals surface area contributed by atoms with Gasteiger partial charge in [-0.05, 0) is 24.1 Å². The van der Waals surface area contributed by atoms with Gasteiger partial charge in [0.05, 0.1) is 23.8 Å². The van der Waals surface area contributed by atoms with Gasteiger partial charge in [-0.15, -0.1) is 0 Å². The maximum absolute atomic E-state index is 13.0. The summed E-state index contributed by atoms with van der Waals surface area (Å²) in [6, 6.07) is 10.4. The molecule has 0 fully saturated rings. The number of aryl methyl sites for hydroxylation is 1. The van der Waals surface area contributed by atoms with Crippen LogP contribution in [0, 0.1) is 0 Å². The van der Waals surface area contributed by atoms with Gasteiger partial charge in [-0.3, -0.25) is 9.59 Å². The molecule has 0 unspecified atom stereocenters. The van der Waals surface area contributed by atoms with Crippen molar-refractivity contribution >= 4 is 23.1 Å². The third-order valence-electron chi connectivity index (χ3n) is 4.66. The third-order valence-corrected chi connectivity index (χ3v) is 4.66. The van der Waals surface area contributed by atoms with E-state index in [0.29, 0.717) is 16.6 Å². The molecule has 25 heavy (non-hydrogen) atoms. The number of ketones is 2. The number of carbonyl (C=O) groups is 3. The van der Waals surface area contributed by atoms with Crippen molar-refractivity contribution in [3.05, 3.63) is 76.1 Å². The van der Waals surface area contributed by atoms with Crippen LogP contribution in [0.25, 0.3) is 5.52 Å². The Labute approximate surface area is 143 Å². The number of carbonyl (C=O) groups excluding carboxylic acids is 3. The van der Waals surface area contributed by atoms with Gasteiger partial charge in [0, 0.05) is 17.3 Å². The molecule has 124 valence electrons. The summed E-state index contributed by atoms with van der Waals surface area (Å²) >= 11 is 0. The van der Waals surface area contributed by atoms with Crippen LogP contribution in [-0.2, 0) is 11.2 Å². The highest BCUT2D eigenvalue weighted by Gasteiger charge is 2.38. The van der Waals surface area contributed by atoms with Gasteiger partial charge in [0.1, 0.15) is 5.69 Å². The molecule has 5 nitrogen and oxygen atoms in total. The van der Waals surface area contributed by atoms with Gasteiger partial charge in [-0.25, -0.2) is 4.79 Å². The van der Waals surface area contributed by atoms with E-state index in [1.807, 2.05) is 19.1 Å². The van der Waals surface area contributed by atoms with Crippen molar-refractivity contribution in [3.8, 4) is 0 Å². The first-order chi connectivity index (χ1) is 12.1. The minimum Gasteiger partial charge on any atom is -0.465 e. The molecule has 3 aromatic rings. The lowest BCUT2D eigenvalue weighted by molar-refractivity contribution is 0.0600. The van der Waals surface area contributed by atoms with Gasteiger partial charge in [-0.2, -0.15) is 0 Å². The fourth-order valence-electron chi connectivity index (χ4n) is 3.41. The lowest BCUT2D eigenvalue weighted by atomic mass is 9.86. The first kappa shape index (κ1) is 15.3. The molecule has 0 atom stereocenters. The van der Waals surface area contributed by atoms with E-state index in [1.54, 1.807) is 34.9 Å². The van der Waals surface area contributed by atoms with Crippen molar-refractivity contribution in [1.82, 2.24) is 4.40 Å². The molecule has 0 N–H and O–H groups in total. The lowest BCUT2D eigenvalue weighted by Gasteiger charge is -2.15. The van der Waals surface area contributed by atoms with Crippen LogP contribution in [0.1, 0.15) is 54.8 Å². The third kappa shape index (κ3) is 1.99. The van der Waals surface area contributed by atoms with Crippen LogP contribution in [0.4, 0.5) is 0 Å². The monoisotopic (exact) mass is 333 g/mol. The molecule has 0 radical (unpaired) electrons. The summed E-state index contributed by atoms with van der Waals surface area (Å²) in [5, 5.41) is 0. The van der Waals surface area contributed by atoms with E-state index < -0.39 is 5.97 Å². The predicted octanol–water partition coefficient (Wildman–Crippen LogP) is 3.06. The molecular weight excluding hydrogens is 318 g/mol. The first-order valence-electron chi connectivity index (χ1n) is 8.02. The normalized spacial score (nSPS) is 12.9. The van der Waals surface area contributed by atoms with Crippen LogP contribution < -0.4 is 0 Å². The van der Waals surface area contributed by atoms with E-state index in [1.165, 1.54) is 7.11 Å². The summed E-state index contributed by atoms with van der Waals surface area (Å²) in [5.41, 5.74) is 2.70. The molecule has 0 saturated carbocycles. The van der Waals surface area contributed by atoms with Crippen LogP contribution in [0.15, 0.2) is 42.6 Å². The Hall–Kier alpha value is -3.21. The van der Waals surface area contributed by atoms with Gasteiger partial charge in [-0.1, -0.05) is 31.2 Å². The molecule has 0 aliphatic heterocycles. The lowest BCUT2D eigenvalue weighted by Crippen LogP contribution is -2.22. The standard InChI is InChI=1S/C20H15NO4/c1-3-11-8-9-21-14(10-11)15(20(24)25-2)16-17(21)19(23)13-7-5-4-6-12(13)18(16)22/h4-10H,3H2,1-2H3. The molecule has 2 heterocycles. The minimum atomic E-state index is -0.618. The van der Waals surface area contributed by atoms with Gasteiger partial charge in [0.15, 0.2) is 5.78 Å². The number of fused-ring (bicyclic) bond motifs is 4. The molecule has 0 amide bonds.